The summed E-state index contributed by atoms with van der Waals surface area (Å²) in [5.41, 5.74) is 0.998. The van der Waals surface area contributed by atoms with Gasteiger partial charge < -0.3 is 5.21 Å². The second kappa shape index (κ2) is 7.84. The van der Waals surface area contributed by atoms with Gasteiger partial charge in [-0.2, -0.15) is 0 Å². The molecular formula is C12H25NO. The molecule has 0 aliphatic heterocycles. The fraction of sp³-hybridized carbons (Fsp3) is 0.917. The van der Waals surface area contributed by atoms with Crippen molar-refractivity contribution in [2.75, 3.05) is 0 Å². The van der Waals surface area contributed by atoms with E-state index in [1.54, 1.807) is 0 Å². The highest BCUT2D eigenvalue weighted by molar-refractivity contribution is 5.84. The summed E-state index contributed by atoms with van der Waals surface area (Å²) in [6.07, 6.45) is 5.70. The molecule has 1 unspecified atom stereocenters. The van der Waals surface area contributed by atoms with Gasteiger partial charge in [0, 0.05) is 0 Å². The third-order valence-corrected chi connectivity index (χ3v) is 2.93. The van der Waals surface area contributed by atoms with Gasteiger partial charge in [-0.1, -0.05) is 32.9 Å². The Labute approximate surface area is 88.4 Å². The van der Waals surface area contributed by atoms with Gasteiger partial charge in [0.15, 0.2) is 0 Å². The molecule has 1 aliphatic rings. The monoisotopic (exact) mass is 199 g/mol. The third kappa shape index (κ3) is 4.64. The minimum atomic E-state index is 0.781. The number of hydrogen-bond acceptors (Lipinski definition) is 2. The van der Waals surface area contributed by atoms with Gasteiger partial charge in [0.2, 0.25) is 0 Å². The van der Waals surface area contributed by atoms with Crippen LogP contribution in [-0.2, 0) is 0 Å². The molecule has 84 valence electrons. The summed E-state index contributed by atoms with van der Waals surface area (Å²) in [5, 5.41) is 11.9. The first-order chi connectivity index (χ1) is 6.74. The molecule has 0 radical (unpaired) electrons. The van der Waals surface area contributed by atoms with E-state index in [1.807, 2.05) is 13.8 Å². The van der Waals surface area contributed by atoms with Crippen LogP contribution in [0.3, 0.4) is 0 Å². The average molecular weight is 199 g/mol. The Morgan fingerprint density at radius 3 is 2.36 bits per heavy atom. The topological polar surface area (TPSA) is 32.6 Å². The molecule has 1 fully saturated rings. The molecule has 0 aromatic carbocycles. The summed E-state index contributed by atoms with van der Waals surface area (Å²) in [5.74, 6) is 1.62. The first-order valence-electron chi connectivity index (χ1n) is 5.94. The number of oxime groups is 1. The average Bonchev–Trinajstić information content (AvgIpc) is 2.45. The van der Waals surface area contributed by atoms with E-state index in [0.717, 1.165) is 30.4 Å². The summed E-state index contributed by atoms with van der Waals surface area (Å²) in [4.78, 5) is 0. The summed E-state index contributed by atoms with van der Waals surface area (Å²) in [6.45, 7) is 8.57. The van der Waals surface area contributed by atoms with Crippen molar-refractivity contribution in [1.82, 2.24) is 0 Å². The first kappa shape index (κ1) is 13.5. The van der Waals surface area contributed by atoms with E-state index in [9.17, 15) is 0 Å². The molecular weight excluding hydrogens is 174 g/mol. The fourth-order valence-corrected chi connectivity index (χ4v) is 1.96. The summed E-state index contributed by atoms with van der Waals surface area (Å²) < 4.78 is 0. The van der Waals surface area contributed by atoms with Crippen molar-refractivity contribution >= 4 is 5.71 Å². The normalized spacial score (nSPS) is 25.5. The van der Waals surface area contributed by atoms with Crippen molar-refractivity contribution in [2.45, 2.75) is 59.8 Å². The molecule has 1 aliphatic carbocycles. The zero-order valence-corrected chi connectivity index (χ0v) is 10.1. The predicted octanol–water partition coefficient (Wildman–Crippen LogP) is 4.08. The largest absolute Gasteiger partial charge is 0.411 e. The first-order valence-corrected chi connectivity index (χ1v) is 5.94. The maximum Gasteiger partial charge on any atom is 0.0571 e. The van der Waals surface area contributed by atoms with E-state index >= 15 is 0 Å². The van der Waals surface area contributed by atoms with Crippen molar-refractivity contribution < 1.29 is 5.21 Å². The Morgan fingerprint density at radius 1 is 1.21 bits per heavy atom. The molecule has 1 N–H and O–H groups in total. The number of nitrogens with zero attached hydrogens (tertiary/aromatic N) is 1. The predicted molar refractivity (Wildman–Crippen MR) is 62.0 cm³/mol. The molecule has 0 aromatic heterocycles. The molecule has 2 nitrogen and oxygen atoms in total. The Morgan fingerprint density at radius 2 is 1.86 bits per heavy atom. The van der Waals surface area contributed by atoms with Crippen LogP contribution in [0.5, 0.6) is 0 Å². The Bertz CT molecular complexity index is 164. The van der Waals surface area contributed by atoms with Crippen LogP contribution in [0, 0.1) is 11.8 Å². The highest BCUT2D eigenvalue weighted by Gasteiger charge is 2.18. The van der Waals surface area contributed by atoms with Crippen LogP contribution in [0.15, 0.2) is 5.16 Å². The summed E-state index contributed by atoms with van der Waals surface area (Å²) in [7, 11) is 0. The zero-order chi connectivity index (χ0) is 11.0. The van der Waals surface area contributed by atoms with Crippen molar-refractivity contribution in [3.63, 3.8) is 0 Å². The number of rotatable bonds is 1. The van der Waals surface area contributed by atoms with Crippen LogP contribution in [0.25, 0.3) is 0 Å². The quantitative estimate of drug-likeness (QED) is 0.385. The molecule has 0 aromatic rings. The summed E-state index contributed by atoms with van der Waals surface area (Å²) in [6, 6.07) is 0. The van der Waals surface area contributed by atoms with Gasteiger partial charge in [-0.05, 0) is 43.9 Å². The zero-order valence-electron chi connectivity index (χ0n) is 10.1. The SMILES string of the molecule is CC.CC(C)C1CCC/C(=N/O)CC1. The van der Waals surface area contributed by atoms with E-state index in [2.05, 4.69) is 19.0 Å². The smallest absolute Gasteiger partial charge is 0.0571 e. The van der Waals surface area contributed by atoms with Gasteiger partial charge in [0.1, 0.15) is 0 Å². The second-order valence-electron chi connectivity index (χ2n) is 4.10. The Kier molecular flexibility index (Phi) is 7.54. The van der Waals surface area contributed by atoms with Crippen LogP contribution in [0.1, 0.15) is 59.8 Å². The molecule has 0 heterocycles. The Hall–Kier alpha value is -0.530. The highest BCUT2D eigenvalue weighted by atomic mass is 16.4. The van der Waals surface area contributed by atoms with E-state index in [4.69, 9.17) is 5.21 Å². The minimum absolute atomic E-state index is 0.781. The molecule has 1 rings (SSSR count). The van der Waals surface area contributed by atoms with Gasteiger partial charge in [-0.25, -0.2) is 0 Å². The molecule has 0 bridgehead atoms. The van der Waals surface area contributed by atoms with Crippen molar-refractivity contribution in [3.05, 3.63) is 0 Å². The van der Waals surface area contributed by atoms with Gasteiger partial charge in [0.05, 0.1) is 5.71 Å². The van der Waals surface area contributed by atoms with Crippen LogP contribution in [-0.4, -0.2) is 10.9 Å². The molecule has 0 amide bonds. The molecule has 0 spiro atoms. The van der Waals surface area contributed by atoms with E-state index in [-0.39, 0.29) is 0 Å². The number of hydrogen-bond donors (Lipinski definition) is 1. The Balaban J connectivity index is 0.000000791. The second-order valence-corrected chi connectivity index (χ2v) is 4.10. The van der Waals surface area contributed by atoms with Crippen molar-refractivity contribution in [3.8, 4) is 0 Å². The minimum Gasteiger partial charge on any atom is -0.411 e. The molecule has 14 heavy (non-hydrogen) atoms. The molecule has 1 atom stereocenters. The van der Waals surface area contributed by atoms with Crippen LogP contribution in [0.2, 0.25) is 0 Å². The van der Waals surface area contributed by atoms with Crippen molar-refractivity contribution in [2.24, 2.45) is 17.0 Å². The maximum absolute atomic E-state index is 8.63. The lowest BCUT2D eigenvalue weighted by Crippen LogP contribution is -2.07. The lowest BCUT2D eigenvalue weighted by Gasteiger charge is -2.17. The third-order valence-electron chi connectivity index (χ3n) is 2.93. The molecule has 1 saturated carbocycles. The van der Waals surface area contributed by atoms with Crippen LogP contribution < -0.4 is 0 Å². The maximum atomic E-state index is 8.63. The van der Waals surface area contributed by atoms with Gasteiger partial charge in [-0.15, -0.1) is 0 Å². The van der Waals surface area contributed by atoms with Gasteiger partial charge in [0.25, 0.3) is 0 Å². The van der Waals surface area contributed by atoms with Gasteiger partial charge >= 0.3 is 0 Å². The highest BCUT2D eigenvalue weighted by Crippen LogP contribution is 2.27. The standard InChI is InChI=1S/C10H19NO.C2H6/c1-8(2)9-4-3-5-10(11-12)7-6-9;1-2/h8-9,12H,3-7H2,1-2H3;1-2H3/b11-10-;. The van der Waals surface area contributed by atoms with E-state index < -0.39 is 0 Å². The lowest BCUT2D eigenvalue weighted by molar-refractivity contribution is 0.315. The molecule has 2 heteroatoms. The van der Waals surface area contributed by atoms with Crippen molar-refractivity contribution in [1.29, 1.82) is 0 Å². The molecule has 0 saturated heterocycles. The van der Waals surface area contributed by atoms with Crippen LogP contribution in [0.4, 0.5) is 0 Å². The van der Waals surface area contributed by atoms with Gasteiger partial charge in [-0.3, -0.25) is 0 Å². The fourth-order valence-electron chi connectivity index (χ4n) is 1.96. The summed E-state index contributed by atoms with van der Waals surface area (Å²) >= 11 is 0. The van der Waals surface area contributed by atoms with E-state index in [1.165, 1.54) is 19.3 Å². The van der Waals surface area contributed by atoms with E-state index in [0.29, 0.717) is 0 Å². The van der Waals surface area contributed by atoms with Crippen LogP contribution >= 0.6 is 0 Å². The lowest BCUT2D eigenvalue weighted by atomic mass is 9.89.